The molecule has 2 aromatic rings. The zero-order chi connectivity index (χ0) is 14.4. The van der Waals surface area contributed by atoms with Crippen molar-refractivity contribution in [2.75, 3.05) is 11.9 Å². The molecular formula is C14H19N5O. The number of aromatic nitrogens is 3. The molecule has 2 N–H and O–H groups in total. The Morgan fingerprint density at radius 3 is 2.85 bits per heavy atom. The van der Waals surface area contributed by atoms with Gasteiger partial charge in [0, 0.05) is 24.6 Å². The summed E-state index contributed by atoms with van der Waals surface area (Å²) in [6.45, 7) is 4.34. The van der Waals surface area contributed by atoms with Crippen LogP contribution in [-0.2, 0) is 4.79 Å². The van der Waals surface area contributed by atoms with Gasteiger partial charge in [-0.05, 0) is 32.0 Å². The highest BCUT2D eigenvalue weighted by molar-refractivity contribution is 5.92. The van der Waals surface area contributed by atoms with Gasteiger partial charge in [0.15, 0.2) is 0 Å². The van der Waals surface area contributed by atoms with Gasteiger partial charge in [-0.15, -0.1) is 0 Å². The lowest BCUT2D eigenvalue weighted by Crippen LogP contribution is -2.39. The molecule has 0 bridgehead atoms. The molecule has 0 radical (unpaired) electrons. The standard InChI is InChI=1S/C14H19N5O/c1-11(12(2)19-8-4-7-17-19)16-10-14(20)18-13-5-3-6-15-9-13/h3-9,11-12,16H,10H2,1-2H3,(H,18,20)/t11-,12+/m0/s1. The van der Waals surface area contributed by atoms with Gasteiger partial charge in [-0.25, -0.2) is 0 Å². The largest absolute Gasteiger partial charge is 0.324 e. The Bertz CT molecular complexity index is 526. The second-order valence-corrected chi connectivity index (χ2v) is 4.69. The van der Waals surface area contributed by atoms with Crippen LogP contribution in [0.25, 0.3) is 0 Å². The number of anilines is 1. The molecule has 6 heteroatoms. The summed E-state index contributed by atoms with van der Waals surface area (Å²) in [5.41, 5.74) is 0.701. The molecule has 0 unspecified atom stereocenters. The Balaban J connectivity index is 1.78. The van der Waals surface area contributed by atoms with Crippen LogP contribution < -0.4 is 10.6 Å². The van der Waals surface area contributed by atoms with E-state index in [1.54, 1.807) is 30.7 Å². The minimum Gasteiger partial charge on any atom is -0.324 e. The first-order valence-electron chi connectivity index (χ1n) is 6.59. The van der Waals surface area contributed by atoms with Crippen molar-refractivity contribution in [3.8, 4) is 0 Å². The maximum atomic E-state index is 11.8. The highest BCUT2D eigenvalue weighted by Gasteiger charge is 2.14. The first-order valence-corrected chi connectivity index (χ1v) is 6.59. The van der Waals surface area contributed by atoms with E-state index in [1.807, 2.05) is 23.9 Å². The SMILES string of the molecule is C[C@H](NCC(=O)Nc1cccnc1)[C@@H](C)n1cccn1. The van der Waals surface area contributed by atoms with Gasteiger partial charge in [0.2, 0.25) is 5.91 Å². The third-order valence-electron chi connectivity index (χ3n) is 3.20. The average molecular weight is 273 g/mol. The number of rotatable bonds is 6. The summed E-state index contributed by atoms with van der Waals surface area (Å²) in [6, 6.07) is 5.79. The summed E-state index contributed by atoms with van der Waals surface area (Å²) in [4.78, 5) is 15.8. The molecule has 2 rings (SSSR count). The topological polar surface area (TPSA) is 71.8 Å². The second kappa shape index (κ2) is 6.81. The van der Waals surface area contributed by atoms with Crippen molar-refractivity contribution in [3.05, 3.63) is 43.0 Å². The first-order chi connectivity index (χ1) is 9.66. The lowest BCUT2D eigenvalue weighted by molar-refractivity contribution is -0.115. The normalized spacial score (nSPS) is 13.7. The highest BCUT2D eigenvalue weighted by atomic mass is 16.1. The van der Waals surface area contributed by atoms with Crippen LogP contribution in [0.15, 0.2) is 43.0 Å². The predicted molar refractivity (Wildman–Crippen MR) is 77.3 cm³/mol. The molecule has 1 amide bonds. The van der Waals surface area contributed by atoms with Crippen LogP contribution in [0.2, 0.25) is 0 Å². The van der Waals surface area contributed by atoms with Gasteiger partial charge in [0.1, 0.15) is 0 Å². The van der Waals surface area contributed by atoms with Crippen LogP contribution in [0.1, 0.15) is 19.9 Å². The first kappa shape index (κ1) is 14.2. The van der Waals surface area contributed by atoms with E-state index < -0.39 is 0 Å². The molecule has 6 nitrogen and oxygen atoms in total. The van der Waals surface area contributed by atoms with Crippen LogP contribution in [0, 0.1) is 0 Å². The molecule has 0 saturated carbocycles. The van der Waals surface area contributed by atoms with Crippen molar-refractivity contribution in [2.45, 2.75) is 25.9 Å². The minimum atomic E-state index is -0.0856. The lowest BCUT2D eigenvalue weighted by atomic mass is 10.2. The zero-order valence-corrected chi connectivity index (χ0v) is 11.7. The fraction of sp³-hybridized carbons (Fsp3) is 0.357. The predicted octanol–water partition coefficient (Wildman–Crippen LogP) is 1.46. The van der Waals surface area contributed by atoms with Crippen LogP contribution in [0.4, 0.5) is 5.69 Å². The number of amides is 1. The van der Waals surface area contributed by atoms with Crippen molar-refractivity contribution in [2.24, 2.45) is 0 Å². The highest BCUT2D eigenvalue weighted by Crippen LogP contribution is 2.08. The Labute approximate surface area is 118 Å². The number of carbonyl (C=O) groups is 1. The minimum absolute atomic E-state index is 0.0856. The molecule has 0 saturated heterocycles. The average Bonchev–Trinajstić information content (AvgIpc) is 2.99. The fourth-order valence-electron chi connectivity index (χ4n) is 1.82. The molecule has 2 atom stereocenters. The molecule has 0 fully saturated rings. The van der Waals surface area contributed by atoms with Crippen LogP contribution in [0.5, 0.6) is 0 Å². The molecule has 0 aliphatic carbocycles. The van der Waals surface area contributed by atoms with Crippen molar-refractivity contribution in [1.82, 2.24) is 20.1 Å². The van der Waals surface area contributed by atoms with Crippen molar-refractivity contribution >= 4 is 11.6 Å². The van der Waals surface area contributed by atoms with Gasteiger partial charge in [-0.2, -0.15) is 5.10 Å². The summed E-state index contributed by atoms with van der Waals surface area (Å²) in [5, 5.41) is 10.2. The molecule has 0 spiro atoms. The monoisotopic (exact) mass is 273 g/mol. The smallest absolute Gasteiger partial charge is 0.238 e. The Kier molecular flexibility index (Phi) is 4.84. The van der Waals surface area contributed by atoms with Crippen molar-refractivity contribution in [1.29, 1.82) is 0 Å². The molecule has 2 heterocycles. The van der Waals surface area contributed by atoms with E-state index in [1.165, 1.54) is 0 Å². The third kappa shape index (κ3) is 3.89. The van der Waals surface area contributed by atoms with E-state index in [9.17, 15) is 4.79 Å². The number of hydrogen-bond acceptors (Lipinski definition) is 4. The number of hydrogen-bond donors (Lipinski definition) is 2. The zero-order valence-electron chi connectivity index (χ0n) is 11.7. The number of nitrogens with one attached hydrogen (secondary N) is 2. The summed E-state index contributed by atoms with van der Waals surface area (Å²) in [5.74, 6) is -0.0856. The van der Waals surface area contributed by atoms with E-state index in [4.69, 9.17) is 0 Å². The van der Waals surface area contributed by atoms with Crippen LogP contribution in [0.3, 0.4) is 0 Å². The van der Waals surface area contributed by atoms with Gasteiger partial charge in [0.05, 0.1) is 24.5 Å². The number of nitrogens with zero attached hydrogens (tertiary/aromatic N) is 3. The van der Waals surface area contributed by atoms with E-state index in [-0.39, 0.29) is 24.5 Å². The van der Waals surface area contributed by atoms with Crippen LogP contribution in [-0.4, -0.2) is 33.3 Å². The van der Waals surface area contributed by atoms with Gasteiger partial charge < -0.3 is 10.6 Å². The number of carbonyl (C=O) groups excluding carboxylic acids is 1. The quantitative estimate of drug-likeness (QED) is 0.835. The van der Waals surface area contributed by atoms with Gasteiger partial charge in [-0.3, -0.25) is 14.5 Å². The third-order valence-corrected chi connectivity index (χ3v) is 3.20. The van der Waals surface area contributed by atoms with E-state index in [2.05, 4.69) is 27.6 Å². The Morgan fingerprint density at radius 2 is 2.20 bits per heavy atom. The molecule has 2 aromatic heterocycles. The maximum Gasteiger partial charge on any atom is 0.238 e. The van der Waals surface area contributed by atoms with E-state index in [0.29, 0.717) is 5.69 Å². The number of pyridine rings is 1. The van der Waals surface area contributed by atoms with E-state index >= 15 is 0 Å². The van der Waals surface area contributed by atoms with Gasteiger partial charge >= 0.3 is 0 Å². The maximum absolute atomic E-state index is 11.8. The summed E-state index contributed by atoms with van der Waals surface area (Å²) in [7, 11) is 0. The summed E-state index contributed by atoms with van der Waals surface area (Å²) < 4.78 is 1.87. The molecule has 0 aliphatic rings. The molecular weight excluding hydrogens is 254 g/mol. The lowest BCUT2D eigenvalue weighted by Gasteiger charge is -2.21. The van der Waals surface area contributed by atoms with Crippen molar-refractivity contribution in [3.63, 3.8) is 0 Å². The van der Waals surface area contributed by atoms with E-state index in [0.717, 1.165) is 0 Å². The Morgan fingerprint density at radius 1 is 1.35 bits per heavy atom. The van der Waals surface area contributed by atoms with Crippen molar-refractivity contribution < 1.29 is 4.79 Å². The summed E-state index contributed by atoms with van der Waals surface area (Å²) in [6.07, 6.45) is 6.95. The molecule has 20 heavy (non-hydrogen) atoms. The molecule has 0 aromatic carbocycles. The fourth-order valence-corrected chi connectivity index (χ4v) is 1.82. The summed E-state index contributed by atoms with van der Waals surface area (Å²) >= 11 is 0. The molecule has 106 valence electrons. The molecule has 0 aliphatic heterocycles. The van der Waals surface area contributed by atoms with Gasteiger partial charge in [-0.1, -0.05) is 0 Å². The van der Waals surface area contributed by atoms with Crippen LogP contribution >= 0.6 is 0 Å². The Hall–Kier alpha value is -2.21. The second-order valence-electron chi connectivity index (χ2n) is 4.69. The van der Waals surface area contributed by atoms with Gasteiger partial charge in [0.25, 0.3) is 0 Å².